The Labute approximate surface area is 124 Å². The molecular formula is C18H29NO. The van der Waals surface area contributed by atoms with E-state index < -0.39 is 0 Å². The maximum Gasteiger partial charge on any atom is 0.176 e. The molecule has 0 atom stereocenters. The molecule has 0 aromatic heterocycles. The Bertz CT molecular complexity index is 375. The van der Waals surface area contributed by atoms with Crippen molar-refractivity contribution in [3.8, 4) is 0 Å². The van der Waals surface area contributed by atoms with Gasteiger partial charge in [-0.3, -0.25) is 9.69 Å². The van der Waals surface area contributed by atoms with Crippen LogP contribution in [0.15, 0.2) is 24.3 Å². The molecule has 1 aromatic rings. The SMILES string of the molecule is CCCCN(CCCC)CC(=O)c1ccc(CC)cc1. The number of nitrogens with zero attached hydrogens (tertiary/aromatic N) is 1. The molecule has 0 amide bonds. The normalized spacial score (nSPS) is 11.0. The molecule has 0 unspecified atom stereocenters. The number of Topliss-reactive ketones (excluding diaryl/α,β-unsaturated/α-hetero) is 1. The van der Waals surface area contributed by atoms with Crippen molar-refractivity contribution in [1.29, 1.82) is 0 Å². The molecule has 0 saturated carbocycles. The minimum absolute atomic E-state index is 0.250. The number of carbonyl (C=O) groups excluding carboxylic acids is 1. The molecular weight excluding hydrogens is 246 g/mol. The minimum atomic E-state index is 0.250. The van der Waals surface area contributed by atoms with Gasteiger partial charge in [0, 0.05) is 5.56 Å². The van der Waals surface area contributed by atoms with E-state index in [4.69, 9.17) is 0 Å². The van der Waals surface area contributed by atoms with E-state index in [0.717, 1.165) is 25.1 Å². The molecule has 0 N–H and O–H groups in total. The molecule has 0 aliphatic heterocycles. The number of hydrogen-bond donors (Lipinski definition) is 0. The van der Waals surface area contributed by atoms with Gasteiger partial charge in [-0.25, -0.2) is 0 Å². The number of ketones is 1. The predicted octanol–water partition coefficient (Wildman–Crippen LogP) is 4.33. The van der Waals surface area contributed by atoms with E-state index in [-0.39, 0.29) is 5.78 Å². The second kappa shape index (κ2) is 9.71. The molecule has 0 aliphatic carbocycles. The lowest BCUT2D eigenvalue weighted by Crippen LogP contribution is -2.31. The molecule has 0 aliphatic rings. The van der Waals surface area contributed by atoms with Crippen LogP contribution in [-0.4, -0.2) is 30.3 Å². The summed E-state index contributed by atoms with van der Waals surface area (Å²) >= 11 is 0. The van der Waals surface area contributed by atoms with Crippen LogP contribution in [0, 0.1) is 0 Å². The summed E-state index contributed by atoms with van der Waals surface area (Å²) < 4.78 is 0. The number of carbonyl (C=O) groups is 1. The van der Waals surface area contributed by atoms with Crippen molar-refractivity contribution in [2.45, 2.75) is 52.9 Å². The molecule has 0 bridgehead atoms. The van der Waals surface area contributed by atoms with Crippen LogP contribution in [0.4, 0.5) is 0 Å². The van der Waals surface area contributed by atoms with E-state index in [1.165, 1.54) is 31.2 Å². The van der Waals surface area contributed by atoms with Crippen LogP contribution < -0.4 is 0 Å². The summed E-state index contributed by atoms with van der Waals surface area (Å²) in [5, 5.41) is 0. The van der Waals surface area contributed by atoms with Crippen molar-refractivity contribution < 1.29 is 4.79 Å². The summed E-state index contributed by atoms with van der Waals surface area (Å²) in [4.78, 5) is 14.6. The number of rotatable bonds is 10. The summed E-state index contributed by atoms with van der Waals surface area (Å²) in [7, 11) is 0. The maximum atomic E-state index is 12.3. The number of unbranched alkanes of at least 4 members (excludes halogenated alkanes) is 2. The van der Waals surface area contributed by atoms with Crippen LogP contribution in [0.5, 0.6) is 0 Å². The number of aryl methyl sites for hydroxylation is 1. The Hall–Kier alpha value is -1.15. The second-order valence-corrected chi connectivity index (χ2v) is 5.46. The molecule has 2 nitrogen and oxygen atoms in total. The average molecular weight is 275 g/mol. The molecule has 0 radical (unpaired) electrons. The molecule has 112 valence electrons. The quantitative estimate of drug-likeness (QED) is 0.592. The predicted molar refractivity (Wildman–Crippen MR) is 86.4 cm³/mol. The van der Waals surface area contributed by atoms with Gasteiger partial charge in [-0.15, -0.1) is 0 Å². The molecule has 0 spiro atoms. The highest BCUT2D eigenvalue weighted by Crippen LogP contribution is 2.08. The lowest BCUT2D eigenvalue weighted by Gasteiger charge is -2.21. The number of hydrogen-bond acceptors (Lipinski definition) is 2. The van der Waals surface area contributed by atoms with Gasteiger partial charge in [0.1, 0.15) is 0 Å². The van der Waals surface area contributed by atoms with Gasteiger partial charge >= 0.3 is 0 Å². The Balaban J connectivity index is 2.58. The van der Waals surface area contributed by atoms with Gasteiger partial charge in [0.05, 0.1) is 6.54 Å². The lowest BCUT2D eigenvalue weighted by molar-refractivity contribution is 0.0928. The Kier molecular flexibility index (Phi) is 8.20. The molecule has 1 aromatic carbocycles. The largest absolute Gasteiger partial charge is 0.296 e. The van der Waals surface area contributed by atoms with Gasteiger partial charge < -0.3 is 0 Å². The fraction of sp³-hybridized carbons (Fsp3) is 0.611. The summed E-state index contributed by atoms with van der Waals surface area (Å²) in [6, 6.07) is 8.07. The molecule has 20 heavy (non-hydrogen) atoms. The van der Waals surface area contributed by atoms with Crippen molar-refractivity contribution in [1.82, 2.24) is 4.90 Å². The molecule has 0 saturated heterocycles. The Morgan fingerprint density at radius 1 is 0.950 bits per heavy atom. The molecule has 0 fully saturated rings. The van der Waals surface area contributed by atoms with Crippen LogP contribution in [0.3, 0.4) is 0 Å². The van der Waals surface area contributed by atoms with Gasteiger partial charge in [-0.05, 0) is 37.9 Å². The fourth-order valence-electron chi connectivity index (χ4n) is 2.25. The minimum Gasteiger partial charge on any atom is -0.296 e. The zero-order chi connectivity index (χ0) is 14.8. The number of benzene rings is 1. The van der Waals surface area contributed by atoms with Crippen molar-refractivity contribution in [3.63, 3.8) is 0 Å². The Morgan fingerprint density at radius 3 is 1.95 bits per heavy atom. The van der Waals surface area contributed by atoms with Crippen molar-refractivity contribution in [2.24, 2.45) is 0 Å². The molecule has 0 heterocycles. The van der Waals surface area contributed by atoms with Crippen LogP contribution in [0.25, 0.3) is 0 Å². The highest BCUT2D eigenvalue weighted by atomic mass is 16.1. The van der Waals surface area contributed by atoms with E-state index in [1.54, 1.807) is 0 Å². The van der Waals surface area contributed by atoms with Crippen molar-refractivity contribution in [2.75, 3.05) is 19.6 Å². The highest BCUT2D eigenvalue weighted by molar-refractivity contribution is 5.97. The van der Waals surface area contributed by atoms with Crippen LogP contribution >= 0.6 is 0 Å². The third kappa shape index (κ3) is 5.87. The summed E-state index contributed by atoms with van der Waals surface area (Å²) in [5.41, 5.74) is 2.13. The van der Waals surface area contributed by atoms with E-state index in [0.29, 0.717) is 6.54 Å². The van der Waals surface area contributed by atoms with Crippen molar-refractivity contribution in [3.05, 3.63) is 35.4 Å². The van der Waals surface area contributed by atoms with E-state index in [1.807, 2.05) is 12.1 Å². The third-order valence-electron chi connectivity index (χ3n) is 3.71. The third-order valence-corrected chi connectivity index (χ3v) is 3.71. The second-order valence-electron chi connectivity index (χ2n) is 5.46. The summed E-state index contributed by atoms with van der Waals surface area (Å²) in [6.45, 7) is 9.16. The van der Waals surface area contributed by atoms with Gasteiger partial charge in [0.15, 0.2) is 5.78 Å². The fourth-order valence-corrected chi connectivity index (χ4v) is 2.25. The van der Waals surface area contributed by atoms with E-state index >= 15 is 0 Å². The van der Waals surface area contributed by atoms with Gasteiger partial charge in [-0.2, -0.15) is 0 Å². The zero-order valence-electron chi connectivity index (χ0n) is 13.3. The summed E-state index contributed by atoms with van der Waals surface area (Å²) in [5.74, 6) is 0.250. The standard InChI is InChI=1S/C18H29NO/c1-4-7-13-19(14-8-5-2)15-18(20)17-11-9-16(6-3)10-12-17/h9-12H,4-8,13-15H2,1-3H3. The van der Waals surface area contributed by atoms with Crippen LogP contribution in [0.2, 0.25) is 0 Å². The molecule has 2 heteroatoms. The zero-order valence-corrected chi connectivity index (χ0v) is 13.3. The monoisotopic (exact) mass is 275 g/mol. The van der Waals surface area contributed by atoms with Crippen molar-refractivity contribution >= 4 is 5.78 Å². The van der Waals surface area contributed by atoms with E-state index in [2.05, 4.69) is 37.8 Å². The lowest BCUT2D eigenvalue weighted by atomic mass is 10.1. The first kappa shape index (κ1) is 16.9. The van der Waals surface area contributed by atoms with Gasteiger partial charge in [-0.1, -0.05) is 57.9 Å². The van der Waals surface area contributed by atoms with Gasteiger partial charge in [0.25, 0.3) is 0 Å². The van der Waals surface area contributed by atoms with Gasteiger partial charge in [0.2, 0.25) is 0 Å². The van der Waals surface area contributed by atoms with Crippen LogP contribution in [0.1, 0.15) is 62.4 Å². The average Bonchev–Trinajstić information content (AvgIpc) is 2.49. The Morgan fingerprint density at radius 2 is 1.50 bits per heavy atom. The topological polar surface area (TPSA) is 20.3 Å². The van der Waals surface area contributed by atoms with E-state index in [9.17, 15) is 4.79 Å². The van der Waals surface area contributed by atoms with Crippen LogP contribution in [-0.2, 0) is 6.42 Å². The first-order valence-corrected chi connectivity index (χ1v) is 8.05. The first-order chi connectivity index (χ1) is 9.71. The molecule has 1 rings (SSSR count). The first-order valence-electron chi connectivity index (χ1n) is 8.05. The summed E-state index contributed by atoms with van der Waals surface area (Å²) in [6.07, 6.45) is 5.73. The smallest absolute Gasteiger partial charge is 0.176 e. The highest BCUT2D eigenvalue weighted by Gasteiger charge is 2.11. The maximum absolute atomic E-state index is 12.3.